The first-order valence-electron chi connectivity index (χ1n) is 7.11. The summed E-state index contributed by atoms with van der Waals surface area (Å²) in [5.41, 5.74) is 10.6. The number of aryl methyl sites for hydroxylation is 1. The van der Waals surface area contributed by atoms with Crippen LogP contribution >= 0.6 is 28.1 Å². The highest BCUT2D eigenvalue weighted by Gasteiger charge is 2.19. The third-order valence-electron chi connectivity index (χ3n) is 3.88. The molecule has 1 aliphatic heterocycles. The summed E-state index contributed by atoms with van der Waals surface area (Å²) in [6.07, 6.45) is 3.51. The number of nitrogens with zero attached hydrogens (tertiary/aromatic N) is 1. The van der Waals surface area contributed by atoms with Crippen molar-refractivity contribution in [1.82, 2.24) is 0 Å². The summed E-state index contributed by atoms with van der Waals surface area (Å²) in [7, 11) is 0. The molecule has 21 heavy (non-hydrogen) atoms. The van der Waals surface area contributed by atoms with Gasteiger partial charge in [0.2, 0.25) is 0 Å². The summed E-state index contributed by atoms with van der Waals surface area (Å²) < 4.78 is 0.997. The van der Waals surface area contributed by atoms with E-state index in [1.165, 1.54) is 24.1 Å². The highest BCUT2D eigenvalue weighted by Crippen LogP contribution is 2.35. The molecule has 0 saturated carbocycles. The second-order valence-corrected chi connectivity index (χ2v) is 6.62. The fourth-order valence-electron chi connectivity index (χ4n) is 2.88. The number of fused-ring (bicyclic) bond motifs is 1. The molecule has 0 atom stereocenters. The van der Waals surface area contributed by atoms with Crippen molar-refractivity contribution >= 4 is 44.5 Å². The molecule has 3 rings (SSSR count). The second kappa shape index (κ2) is 6.16. The molecule has 108 valence electrons. The van der Waals surface area contributed by atoms with E-state index in [0.717, 1.165) is 28.7 Å². The van der Waals surface area contributed by atoms with E-state index in [2.05, 4.69) is 51.2 Å². The highest BCUT2D eigenvalue weighted by molar-refractivity contribution is 9.10. The van der Waals surface area contributed by atoms with Gasteiger partial charge >= 0.3 is 0 Å². The lowest BCUT2D eigenvalue weighted by Crippen LogP contribution is -2.22. The quantitative estimate of drug-likeness (QED) is 0.796. The van der Waals surface area contributed by atoms with Crippen LogP contribution in [0, 0.1) is 0 Å². The van der Waals surface area contributed by atoms with Gasteiger partial charge in [0.05, 0.1) is 5.69 Å². The summed E-state index contributed by atoms with van der Waals surface area (Å²) in [5, 5.41) is 0. The number of anilines is 2. The number of hydrogen-bond donors (Lipinski definition) is 1. The number of rotatable bonds is 2. The molecule has 0 amide bonds. The molecule has 2 aromatic carbocycles. The number of thiocarbonyl (C=S) groups is 1. The first-order valence-corrected chi connectivity index (χ1v) is 8.32. The summed E-state index contributed by atoms with van der Waals surface area (Å²) in [4.78, 5) is 2.79. The summed E-state index contributed by atoms with van der Waals surface area (Å²) in [6.45, 7) is 0.994. The zero-order chi connectivity index (χ0) is 14.8. The van der Waals surface area contributed by atoms with Gasteiger partial charge in [-0.2, -0.15) is 0 Å². The molecule has 0 fully saturated rings. The zero-order valence-electron chi connectivity index (χ0n) is 11.7. The van der Waals surface area contributed by atoms with Crippen LogP contribution in [0.2, 0.25) is 0 Å². The van der Waals surface area contributed by atoms with Gasteiger partial charge in [0.1, 0.15) is 4.99 Å². The Labute approximate surface area is 139 Å². The van der Waals surface area contributed by atoms with Crippen LogP contribution < -0.4 is 10.6 Å². The molecule has 0 saturated heterocycles. The minimum absolute atomic E-state index is 0.438. The Bertz CT molecular complexity index is 684. The van der Waals surface area contributed by atoms with Gasteiger partial charge in [0.15, 0.2) is 0 Å². The molecular weight excluding hydrogens is 344 g/mol. The van der Waals surface area contributed by atoms with Gasteiger partial charge in [-0.05, 0) is 49.1 Å². The third-order valence-corrected chi connectivity index (χ3v) is 4.59. The zero-order valence-corrected chi connectivity index (χ0v) is 14.1. The SMILES string of the molecule is NC(=S)c1cc(Br)ccc1N1CCCCc2ccccc21. The number of para-hydroxylation sites is 1. The van der Waals surface area contributed by atoms with Crippen LogP contribution in [0.15, 0.2) is 46.9 Å². The van der Waals surface area contributed by atoms with Crippen molar-refractivity contribution in [2.45, 2.75) is 19.3 Å². The van der Waals surface area contributed by atoms with Gasteiger partial charge in [0.25, 0.3) is 0 Å². The lowest BCUT2D eigenvalue weighted by Gasteiger charge is -2.27. The van der Waals surface area contributed by atoms with Crippen LogP contribution in [-0.4, -0.2) is 11.5 Å². The Balaban J connectivity index is 2.14. The Hall–Kier alpha value is -1.39. The number of halogens is 1. The molecule has 4 heteroatoms. The summed E-state index contributed by atoms with van der Waals surface area (Å²) >= 11 is 8.74. The van der Waals surface area contributed by atoms with E-state index in [1.807, 2.05) is 12.1 Å². The molecule has 0 bridgehead atoms. The van der Waals surface area contributed by atoms with Crippen molar-refractivity contribution < 1.29 is 0 Å². The maximum Gasteiger partial charge on any atom is 0.106 e. The molecule has 2 aromatic rings. The van der Waals surface area contributed by atoms with Gasteiger partial charge in [-0.3, -0.25) is 0 Å². The van der Waals surface area contributed by atoms with Crippen LogP contribution in [0.25, 0.3) is 0 Å². The lowest BCUT2D eigenvalue weighted by atomic mass is 10.1. The molecule has 1 heterocycles. The van der Waals surface area contributed by atoms with E-state index in [0.29, 0.717) is 4.99 Å². The molecule has 0 unspecified atom stereocenters. The molecule has 2 N–H and O–H groups in total. The summed E-state index contributed by atoms with van der Waals surface area (Å²) in [6, 6.07) is 14.8. The van der Waals surface area contributed by atoms with Crippen LogP contribution in [0.4, 0.5) is 11.4 Å². The number of nitrogens with two attached hydrogens (primary N) is 1. The molecule has 0 radical (unpaired) electrons. The average molecular weight is 361 g/mol. The first-order chi connectivity index (χ1) is 10.2. The fraction of sp³-hybridized carbons (Fsp3) is 0.235. The molecule has 0 spiro atoms. The largest absolute Gasteiger partial charge is 0.389 e. The Morgan fingerprint density at radius 3 is 2.71 bits per heavy atom. The average Bonchev–Trinajstić information content (AvgIpc) is 2.69. The van der Waals surface area contributed by atoms with Crippen LogP contribution in [-0.2, 0) is 6.42 Å². The van der Waals surface area contributed by atoms with Gasteiger partial charge in [0, 0.05) is 22.3 Å². The van der Waals surface area contributed by atoms with Crippen LogP contribution in [0.1, 0.15) is 24.0 Å². The molecule has 0 aromatic heterocycles. The highest BCUT2D eigenvalue weighted by atomic mass is 79.9. The fourth-order valence-corrected chi connectivity index (χ4v) is 3.41. The predicted octanol–water partition coefficient (Wildman–Crippen LogP) is 4.56. The van der Waals surface area contributed by atoms with Gasteiger partial charge in [-0.1, -0.05) is 46.3 Å². The third kappa shape index (κ3) is 2.97. The topological polar surface area (TPSA) is 29.3 Å². The van der Waals surface area contributed by atoms with Gasteiger partial charge < -0.3 is 10.6 Å². The van der Waals surface area contributed by atoms with E-state index in [4.69, 9.17) is 18.0 Å². The molecule has 0 aliphatic carbocycles. The van der Waals surface area contributed by atoms with E-state index in [-0.39, 0.29) is 0 Å². The Kier molecular flexibility index (Phi) is 4.27. The van der Waals surface area contributed by atoms with Gasteiger partial charge in [-0.25, -0.2) is 0 Å². The van der Waals surface area contributed by atoms with E-state index < -0.39 is 0 Å². The number of benzene rings is 2. The number of hydrogen-bond acceptors (Lipinski definition) is 2. The van der Waals surface area contributed by atoms with Crippen LogP contribution in [0.3, 0.4) is 0 Å². The summed E-state index contributed by atoms with van der Waals surface area (Å²) in [5.74, 6) is 0. The molecule has 1 aliphatic rings. The smallest absolute Gasteiger partial charge is 0.106 e. The van der Waals surface area contributed by atoms with Crippen LogP contribution in [0.5, 0.6) is 0 Å². The Morgan fingerprint density at radius 1 is 1.10 bits per heavy atom. The predicted molar refractivity (Wildman–Crippen MR) is 96.4 cm³/mol. The van der Waals surface area contributed by atoms with Crippen molar-refractivity contribution in [1.29, 1.82) is 0 Å². The second-order valence-electron chi connectivity index (χ2n) is 5.26. The van der Waals surface area contributed by atoms with E-state index in [9.17, 15) is 0 Å². The van der Waals surface area contributed by atoms with Gasteiger partial charge in [-0.15, -0.1) is 0 Å². The van der Waals surface area contributed by atoms with Crippen molar-refractivity contribution in [3.05, 3.63) is 58.1 Å². The van der Waals surface area contributed by atoms with Crippen molar-refractivity contribution in [2.24, 2.45) is 5.73 Å². The first kappa shape index (κ1) is 14.5. The maximum absolute atomic E-state index is 5.93. The van der Waals surface area contributed by atoms with Crippen molar-refractivity contribution in [3.63, 3.8) is 0 Å². The minimum atomic E-state index is 0.438. The lowest BCUT2D eigenvalue weighted by molar-refractivity contribution is 0.761. The Morgan fingerprint density at radius 2 is 1.90 bits per heavy atom. The van der Waals surface area contributed by atoms with E-state index in [1.54, 1.807) is 0 Å². The van der Waals surface area contributed by atoms with E-state index >= 15 is 0 Å². The minimum Gasteiger partial charge on any atom is -0.389 e. The van der Waals surface area contributed by atoms with Crippen molar-refractivity contribution in [3.8, 4) is 0 Å². The monoisotopic (exact) mass is 360 g/mol. The van der Waals surface area contributed by atoms with Crippen molar-refractivity contribution in [2.75, 3.05) is 11.4 Å². The normalized spacial score (nSPS) is 14.4. The maximum atomic E-state index is 5.93. The molecule has 2 nitrogen and oxygen atoms in total. The molecular formula is C17H17BrN2S. The standard InChI is InChI=1S/C17H17BrN2S/c18-13-8-9-16(14(11-13)17(19)21)20-10-4-3-6-12-5-1-2-7-15(12)20/h1-2,5,7-9,11H,3-4,6,10H2,(H2,19,21).